The number of hydrogen-bond donors (Lipinski definition) is 1. The van der Waals surface area contributed by atoms with Gasteiger partial charge in [0.1, 0.15) is 5.75 Å². The minimum absolute atomic E-state index is 0.307. The predicted octanol–water partition coefficient (Wildman–Crippen LogP) is 5.04. The van der Waals surface area contributed by atoms with E-state index in [1.807, 2.05) is 12.1 Å². The van der Waals surface area contributed by atoms with Gasteiger partial charge in [-0.15, -0.1) is 5.73 Å². The summed E-state index contributed by atoms with van der Waals surface area (Å²) >= 11 is 0. The van der Waals surface area contributed by atoms with Crippen LogP contribution in [0.25, 0.3) is 6.08 Å². The van der Waals surface area contributed by atoms with Crippen LogP contribution in [0.2, 0.25) is 0 Å². The molecule has 0 spiro atoms. The first-order valence-electron chi connectivity index (χ1n) is 8.04. The zero-order chi connectivity index (χ0) is 14.6. The normalized spacial score (nSPS) is 36.6. The molecule has 3 aliphatic rings. The van der Waals surface area contributed by atoms with E-state index in [1.165, 1.54) is 42.4 Å². The molecule has 108 valence electrons. The van der Waals surface area contributed by atoms with Crippen LogP contribution in [-0.4, -0.2) is 5.11 Å². The van der Waals surface area contributed by atoms with Crippen molar-refractivity contribution < 1.29 is 5.11 Å². The standard InChI is InChI=1S/C20H22O/c1-3-14-5-9-19-18-7-4-13-12-15(21)6-8-16(13)17(18)10-11-20(14,19)2/h4,6-8,12,17-19,21H,1,5,9-11H2,2H3/t17-,18-,19+,20-/m1/s1. The van der Waals surface area contributed by atoms with Gasteiger partial charge in [0.05, 0.1) is 0 Å². The molecular formula is C20H22O. The summed E-state index contributed by atoms with van der Waals surface area (Å²) in [5, 5.41) is 9.69. The second kappa shape index (κ2) is 4.39. The second-order valence-electron chi connectivity index (χ2n) is 7.11. The van der Waals surface area contributed by atoms with Crippen LogP contribution in [0.1, 0.15) is 49.7 Å². The largest absolute Gasteiger partial charge is 0.508 e. The zero-order valence-electron chi connectivity index (χ0n) is 12.6. The van der Waals surface area contributed by atoms with E-state index in [-0.39, 0.29) is 0 Å². The predicted molar refractivity (Wildman–Crippen MR) is 86.1 cm³/mol. The molecule has 0 aromatic heterocycles. The molecule has 21 heavy (non-hydrogen) atoms. The van der Waals surface area contributed by atoms with Crippen LogP contribution in [-0.2, 0) is 0 Å². The van der Waals surface area contributed by atoms with Crippen molar-refractivity contribution in [1.82, 2.24) is 0 Å². The van der Waals surface area contributed by atoms with Crippen LogP contribution in [0.3, 0.4) is 0 Å². The van der Waals surface area contributed by atoms with Crippen molar-refractivity contribution in [3.8, 4) is 5.75 Å². The summed E-state index contributed by atoms with van der Waals surface area (Å²) in [6.45, 7) is 6.35. The Labute approximate surface area is 126 Å². The van der Waals surface area contributed by atoms with Crippen molar-refractivity contribution in [2.24, 2.45) is 17.3 Å². The lowest BCUT2D eigenvalue weighted by Crippen LogP contribution is -2.38. The smallest absolute Gasteiger partial charge is 0.116 e. The van der Waals surface area contributed by atoms with Gasteiger partial charge >= 0.3 is 0 Å². The van der Waals surface area contributed by atoms with Gasteiger partial charge in [-0.1, -0.05) is 31.7 Å². The van der Waals surface area contributed by atoms with E-state index in [0.717, 1.165) is 5.92 Å². The Bertz CT molecular complexity index is 677. The number of aromatic hydroxyl groups is 1. The molecular weight excluding hydrogens is 256 g/mol. The summed E-state index contributed by atoms with van der Waals surface area (Å²) in [6.07, 6.45) is 9.53. The third kappa shape index (κ3) is 1.71. The molecule has 0 aliphatic heterocycles. The lowest BCUT2D eigenvalue weighted by molar-refractivity contribution is 0.122. The minimum Gasteiger partial charge on any atom is -0.508 e. The van der Waals surface area contributed by atoms with Crippen LogP contribution in [0, 0.1) is 17.3 Å². The molecule has 4 atom stereocenters. The Morgan fingerprint density at radius 1 is 1.33 bits per heavy atom. The quantitative estimate of drug-likeness (QED) is 0.659. The minimum atomic E-state index is 0.307. The second-order valence-corrected chi connectivity index (χ2v) is 7.11. The van der Waals surface area contributed by atoms with Gasteiger partial charge in [-0.05, 0) is 77.7 Å². The molecule has 2 saturated carbocycles. The Morgan fingerprint density at radius 3 is 3.00 bits per heavy atom. The van der Waals surface area contributed by atoms with Crippen molar-refractivity contribution in [1.29, 1.82) is 0 Å². The van der Waals surface area contributed by atoms with Gasteiger partial charge in [0, 0.05) is 0 Å². The monoisotopic (exact) mass is 278 g/mol. The SMILES string of the molecule is C=C=C1CC[C@H]2[C@@H]3C=Cc4cc(O)ccc4[C@H]3CC[C@]12C. The molecule has 1 heteroatoms. The number of hydrogen-bond acceptors (Lipinski definition) is 1. The average Bonchev–Trinajstić information content (AvgIpc) is 2.83. The van der Waals surface area contributed by atoms with Crippen molar-refractivity contribution >= 4 is 6.08 Å². The molecule has 2 fully saturated rings. The molecule has 0 saturated heterocycles. The van der Waals surface area contributed by atoms with Crippen LogP contribution in [0.15, 0.2) is 42.2 Å². The molecule has 0 unspecified atom stereocenters. The molecule has 1 nitrogen and oxygen atoms in total. The van der Waals surface area contributed by atoms with Crippen molar-refractivity contribution in [3.05, 3.63) is 53.3 Å². The van der Waals surface area contributed by atoms with E-state index in [9.17, 15) is 5.11 Å². The topological polar surface area (TPSA) is 20.2 Å². The lowest BCUT2D eigenvalue weighted by Gasteiger charge is -2.47. The molecule has 3 aliphatic carbocycles. The van der Waals surface area contributed by atoms with Gasteiger partial charge in [-0.25, -0.2) is 0 Å². The van der Waals surface area contributed by atoms with Crippen molar-refractivity contribution in [3.63, 3.8) is 0 Å². The van der Waals surface area contributed by atoms with Gasteiger partial charge in [0.25, 0.3) is 0 Å². The average molecular weight is 278 g/mol. The summed E-state index contributed by atoms with van der Waals surface area (Å²) < 4.78 is 0. The third-order valence-corrected chi connectivity index (χ3v) is 6.30. The molecule has 0 amide bonds. The molecule has 4 rings (SSSR count). The number of rotatable bonds is 0. The van der Waals surface area contributed by atoms with Crippen LogP contribution in [0.5, 0.6) is 5.75 Å². The number of phenolic OH excluding ortho intramolecular Hbond substituents is 1. The van der Waals surface area contributed by atoms with E-state index < -0.39 is 0 Å². The molecule has 0 bridgehead atoms. The maximum Gasteiger partial charge on any atom is 0.116 e. The summed E-state index contributed by atoms with van der Waals surface area (Å²) in [7, 11) is 0. The first-order chi connectivity index (χ1) is 10.1. The van der Waals surface area contributed by atoms with E-state index in [4.69, 9.17) is 0 Å². The lowest BCUT2D eigenvalue weighted by atomic mass is 9.57. The summed E-state index contributed by atoms with van der Waals surface area (Å²) in [5.41, 5.74) is 7.63. The van der Waals surface area contributed by atoms with Gasteiger partial charge in [-0.3, -0.25) is 0 Å². The van der Waals surface area contributed by atoms with Gasteiger partial charge in [0.2, 0.25) is 0 Å². The van der Waals surface area contributed by atoms with Crippen LogP contribution < -0.4 is 0 Å². The molecule has 0 radical (unpaired) electrons. The van der Waals surface area contributed by atoms with E-state index in [0.29, 0.717) is 23.0 Å². The Morgan fingerprint density at radius 2 is 2.19 bits per heavy atom. The third-order valence-electron chi connectivity index (χ3n) is 6.30. The van der Waals surface area contributed by atoms with Crippen LogP contribution >= 0.6 is 0 Å². The van der Waals surface area contributed by atoms with Gasteiger partial charge < -0.3 is 5.11 Å². The number of fused-ring (bicyclic) bond motifs is 5. The fraction of sp³-hybridized carbons (Fsp3) is 0.450. The fourth-order valence-electron chi connectivity index (χ4n) is 5.19. The Hall–Kier alpha value is -1.72. The van der Waals surface area contributed by atoms with Gasteiger partial charge in [0.15, 0.2) is 0 Å². The maximum absolute atomic E-state index is 9.69. The molecule has 1 aromatic rings. The number of benzene rings is 1. The highest BCUT2D eigenvalue weighted by Crippen LogP contribution is 2.61. The van der Waals surface area contributed by atoms with E-state index in [2.05, 4.69) is 37.5 Å². The molecule has 1 aromatic carbocycles. The first-order valence-corrected chi connectivity index (χ1v) is 8.04. The Balaban J connectivity index is 1.77. The summed E-state index contributed by atoms with van der Waals surface area (Å²) in [6, 6.07) is 5.87. The maximum atomic E-state index is 9.69. The summed E-state index contributed by atoms with van der Waals surface area (Å²) in [5.74, 6) is 2.34. The van der Waals surface area contributed by atoms with Gasteiger partial charge in [-0.2, -0.15) is 0 Å². The highest BCUT2D eigenvalue weighted by Gasteiger charge is 2.51. The van der Waals surface area contributed by atoms with Crippen molar-refractivity contribution in [2.75, 3.05) is 0 Å². The van der Waals surface area contributed by atoms with E-state index >= 15 is 0 Å². The molecule has 1 N–H and O–H groups in total. The first kappa shape index (κ1) is 13.0. The zero-order valence-corrected chi connectivity index (χ0v) is 12.6. The molecule has 0 heterocycles. The highest BCUT2D eigenvalue weighted by molar-refractivity contribution is 5.61. The number of allylic oxidation sites excluding steroid dienone is 2. The highest BCUT2D eigenvalue weighted by atomic mass is 16.3. The number of phenols is 1. The Kier molecular flexibility index (Phi) is 2.71. The summed E-state index contributed by atoms with van der Waals surface area (Å²) in [4.78, 5) is 0. The van der Waals surface area contributed by atoms with E-state index in [1.54, 1.807) is 0 Å². The van der Waals surface area contributed by atoms with Crippen LogP contribution in [0.4, 0.5) is 0 Å². The fourth-order valence-corrected chi connectivity index (χ4v) is 5.19. The van der Waals surface area contributed by atoms with Crippen molar-refractivity contribution in [2.45, 2.75) is 38.5 Å².